The largest absolute Gasteiger partial charge is 0.385 e. The third-order valence-corrected chi connectivity index (χ3v) is 7.86. The van der Waals surface area contributed by atoms with Crippen molar-refractivity contribution in [1.82, 2.24) is 14.8 Å². The summed E-state index contributed by atoms with van der Waals surface area (Å²) in [5.74, 6) is 0.974. The lowest BCUT2D eigenvalue weighted by molar-refractivity contribution is 0.189. The molecule has 30 heavy (non-hydrogen) atoms. The maximum absolute atomic E-state index is 12.6. The van der Waals surface area contributed by atoms with Gasteiger partial charge in [-0.1, -0.05) is 47.1 Å². The Bertz CT molecular complexity index is 1090. The number of thioether (sulfide) groups is 1. The van der Waals surface area contributed by atoms with E-state index in [1.807, 2.05) is 22.8 Å². The van der Waals surface area contributed by atoms with Crippen LogP contribution in [0.25, 0.3) is 11.4 Å². The van der Waals surface area contributed by atoms with E-state index in [9.17, 15) is 8.42 Å². The fraction of sp³-hybridized carbons (Fsp3) is 0.300. The Morgan fingerprint density at radius 2 is 1.80 bits per heavy atom. The number of nitrogens with zero attached hydrogens (tertiary/aromatic N) is 3. The van der Waals surface area contributed by atoms with Crippen LogP contribution in [0.1, 0.15) is 6.42 Å². The molecule has 0 bridgehead atoms. The number of methoxy groups -OCH3 is 1. The number of rotatable bonds is 10. The molecule has 0 saturated carbocycles. The van der Waals surface area contributed by atoms with Crippen LogP contribution in [-0.2, 0) is 21.1 Å². The van der Waals surface area contributed by atoms with E-state index in [4.69, 9.17) is 27.9 Å². The van der Waals surface area contributed by atoms with Gasteiger partial charge in [-0.05, 0) is 42.8 Å². The van der Waals surface area contributed by atoms with Crippen molar-refractivity contribution < 1.29 is 13.2 Å². The first-order valence-corrected chi connectivity index (χ1v) is 12.6. The number of halogens is 2. The van der Waals surface area contributed by atoms with Crippen molar-refractivity contribution in [2.45, 2.75) is 23.0 Å². The Morgan fingerprint density at radius 1 is 1.07 bits per heavy atom. The van der Waals surface area contributed by atoms with Crippen molar-refractivity contribution in [3.05, 3.63) is 58.6 Å². The molecule has 0 aliphatic carbocycles. The third-order valence-electron chi connectivity index (χ3n) is 4.32. The Labute approximate surface area is 190 Å². The van der Waals surface area contributed by atoms with Gasteiger partial charge in [0.2, 0.25) is 0 Å². The monoisotopic (exact) mass is 485 g/mol. The highest BCUT2D eigenvalue weighted by Gasteiger charge is 2.19. The van der Waals surface area contributed by atoms with Gasteiger partial charge in [0.25, 0.3) is 0 Å². The summed E-state index contributed by atoms with van der Waals surface area (Å²) in [6, 6.07) is 13.6. The Balaban J connectivity index is 1.76. The van der Waals surface area contributed by atoms with Crippen molar-refractivity contribution in [3.8, 4) is 11.4 Å². The smallest absolute Gasteiger partial charge is 0.191 e. The molecule has 160 valence electrons. The van der Waals surface area contributed by atoms with Crippen LogP contribution in [0.5, 0.6) is 0 Å². The summed E-state index contributed by atoms with van der Waals surface area (Å²) in [6.07, 6.45) is 0.766. The van der Waals surface area contributed by atoms with Gasteiger partial charge in [-0.15, -0.1) is 10.2 Å². The van der Waals surface area contributed by atoms with Crippen molar-refractivity contribution in [2.75, 3.05) is 25.2 Å². The number of ether oxygens (including phenoxy) is 1. The molecule has 0 atom stereocenters. The van der Waals surface area contributed by atoms with E-state index in [-0.39, 0.29) is 10.6 Å². The second-order valence-electron chi connectivity index (χ2n) is 6.41. The molecule has 1 aromatic heterocycles. The van der Waals surface area contributed by atoms with Crippen molar-refractivity contribution in [2.24, 2.45) is 0 Å². The molecule has 0 radical (unpaired) electrons. The topological polar surface area (TPSA) is 74.1 Å². The number of sulfone groups is 1. The number of hydrogen-bond acceptors (Lipinski definition) is 6. The van der Waals surface area contributed by atoms with Crippen molar-refractivity contribution >= 4 is 44.8 Å². The summed E-state index contributed by atoms with van der Waals surface area (Å²) in [5, 5.41) is 10.3. The molecule has 0 fully saturated rings. The van der Waals surface area contributed by atoms with E-state index in [2.05, 4.69) is 10.2 Å². The molecule has 0 unspecified atom stereocenters. The molecule has 0 N–H and O–H groups in total. The van der Waals surface area contributed by atoms with Crippen LogP contribution in [0.15, 0.2) is 58.6 Å². The fourth-order valence-electron chi connectivity index (χ4n) is 2.81. The molecule has 0 aliphatic rings. The van der Waals surface area contributed by atoms with Gasteiger partial charge in [0, 0.05) is 36.6 Å². The normalized spacial score (nSPS) is 11.7. The zero-order valence-electron chi connectivity index (χ0n) is 16.3. The van der Waals surface area contributed by atoms with E-state index in [0.717, 1.165) is 12.0 Å². The third kappa shape index (κ3) is 5.76. The summed E-state index contributed by atoms with van der Waals surface area (Å²) in [5.41, 5.74) is 0.782. The molecule has 6 nitrogen and oxygen atoms in total. The molecule has 0 saturated heterocycles. The maximum Gasteiger partial charge on any atom is 0.191 e. The van der Waals surface area contributed by atoms with Gasteiger partial charge in [0.15, 0.2) is 20.8 Å². The first-order valence-electron chi connectivity index (χ1n) is 9.20. The van der Waals surface area contributed by atoms with Gasteiger partial charge in [-0.2, -0.15) is 0 Å². The molecule has 10 heteroatoms. The van der Waals surface area contributed by atoms with Gasteiger partial charge >= 0.3 is 0 Å². The predicted molar refractivity (Wildman–Crippen MR) is 121 cm³/mol. The molecule has 1 heterocycles. The summed E-state index contributed by atoms with van der Waals surface area (Å²) in [4.78, 5) is 0.255. The number of aromatic nitrogens is 3. The van der Waals surface area contributed by atoms with Crippen LogP contribution in [-0.4, -0.2) is 48.4 Å². The second kappa shape index (κ2) is 10.6. The molecule has 0 aliphatic heterocycles. The van der Waals surface area contributed by atoms with Crippen LogP contribution in [0.4, 0.5) is 0 Å². The standard InChI is InChI=1S/C20H21Cl2N3O3S2/c1-28-12-4-11-25-19(17-5-2-3-6-18(17)22)23-24-20(25)29-13-14-30(26,27)16-9-7-15(21)8-10-16/h2-3,5-10H,4,11-14H2,1H3. The molecule has 2 aromatic carbocycles. The average molecular weight is 486 g/mol. The lowest BCUT2D eigenvalue weighted by Crippen LogP contribution is -2.10. The SMILES string of the molecule is COCCCn1c(SCCS(=O)(=O)c2ccc(Cl)cc2)nnc1-c1ccccc1Cl. The maximum atomic E-state index is 12.6. The first-order chi connectivity index (χ1) is 14.4. The highest BCUT2D eigenvalue weighted by Crippen LogP contribution is 2.30. The summed E-state index contributed by atoms with van der Waals surface area (Å²) < 4.78 is 32.3. The van der Waals surface area contributed by atoms with E-state index < -0.39 is 9.84 Å². The Hall–Kier alpha value is -1.58. The molecule has 3 rings (SSSR count). The van der Waals surface area contributed by atoms with Crippen LogP contribution < -0.4 is 0 Å². The molecular formula is C20H21Cl2N3O3S2. The lowest BCUT2D eigenvalue weighted by Gasteiger charge is -2.11. The van der Waals surface area contributed by atoms with Crippen LogP contribution in [0.3, 0.4) is 0 Å². The van der Waals surface area contributed by atoms with Gasteiger partial charge in [-0.25, -0.2) is 8.42 Å². The van der Waals surface area contributed by atoms with Crippen LogP contribution >= 0.6 is 35.0 Å². The molecular weight excluding hydrogens is 465 g/mol. The van der Waals surface area contributed by atoms with E-state index in [1.165, 1.54) is 23.9 Å². The van der Waals surface area contributed by atoms with Crippen LogP contribution in [0, 0.1) is 0 Å². The van der Waals surface area contributed by atoms with E-state index in [1.54, 1.807) is 25.3 Å². The zero-order valence-corrected chi connectivity index (χ0v) is 19.4. The van der Waals surface area contributed by atoms with E-state index >= 15 is 0 Å². The van der Waals surface area contributed by atoms with Gasteiger partial charge in [0.1, 0.15) is 0 Å². The summed E-state index contributed by atoms with van der Waals surface area (Å²) >= 11 is 13.5. The van der Waals surface area contributed by atoms with Crippen molar-refractivity contribution in [3.63, 3.8) is 0 Å². The summed E-state index contributed by atoms with van der Waals surface area (Å²) in [7, 11) is -1.76. The number of hydrogen-bond donors (Lipinski definition) is 0. The Kier molecular flexibility index (Phi) is 8.19. The lowest BCUT2D eigenvalue weighted by atomic mass is 10.2. The number of benzene rings is 2. The first kappa shape index (κ1) is 23.1. The molecule has 3 aromatic rings. The predicted octanol–water partition coefficient (Wildman–Crippen LogP) is 4.85. The Morgan fingerprint density at radius 3 is 2.50 bits per heavy atom. The molecule has 0 amide bonds. The van der Waals surface area contributed by atoms with Crippen molar-refractivity contribution in [1.29, 1.82) is 0 Å². The highest BCUT2D eigenvalue weighted by molar-refractivity contribution is 8.00. The van der Waals surface area contributed by atoms with Gasteiger partial charge < -0.3 is 9.30 Å². The van der Waals surface area contributed by atoms with Crippen LogP contribution in [0.2, 0.25) is 10.0 Å². The zero-order chi connectivity index (χ0) is 21.6. The summed E-state index contributed by atoms with van der Waals surface area (Å²) in [6.45, 7) is 1.23. The minimum atomic E-state index is -3.41. The second-order valence-corrected chi connectivity index (χ2v) is 10.4. The minimum absolute atomic E-state index is 0.0222. The highest BCUT2D eigenvalue weighted by atomic mass is 35.5. The van der Waals surface area contributed by atoms with Gasteiger partial charge in [0.05, 0.1) is 15.7 Å². The quantitative estimate of drug-likeness (QED) is 0.301. The molecule has 0 spiro atoms. The fourth-order valence-corrected chi connectivity index (χ4v) is 5.77. The minimum Gasteiger partial charge on any atom is -0.385 e. The average Bonchev–Trinajstić information content (AvgIpc) is 3.11. The van der Waals surface area contributed by atoms with E-state index in [0.29, 0.717) is 39.9 Å². The van der Waals surface area contributed by atoms with Gasteiger partial charge in [-0.3, -0.25) is 0 Å².